The third kappa shape index (κ3) is 5.20. The van der Waals surface area contributed by atoms with Crippen LogP contribution in [0.15, 0.2) is 115 Å². The number of fused-ring (bicyclic) bond motifs is 3. The Bertz CT molecular complexity index is 2630. The number of benzene rings is 5. The smallest absolute Gasteiger partial charge is 0.184 e. The van der Waals surface area contributed by atoms with Gasteiger partial charge in [-0.15, -0.1) is 29.7 Å². The van der Waals surface area contributed by atoms with Gasteiger partial charge in [-0.3, -0.25) is 4.48 Å². The molecule has 2 aromatic heterocycles. The number of hydrogen-bond donors (Lipinski definition) is 0. The van der Waals surface area contributed by atoms with E-state index in [1.165, 1.54) is 11.1 Å². The summed E-state index contributed by atoms with van der Waals surface area (Å²) in [6, 6.07) is 44.1. The molecule has 10 rings (SSSR count). The molecule has 0 unspecified atom stereocenters. The number of rotatable bonds is 5. The van der Waals surface area contributed by atoms with E-state index in [2.05, 4.69) is 144 Å². The fourth-order valence-corrected chi connectivity index (χ4v) is 8.00. The topological polar surface area (TPSA) is 27.1 Å². The number of aromatic nitrogens is 2. The van der Waals surface area contributed by atoms with E-state index in [4.69, 9.17) is 13.8 Å². The standard InChI is InChI=1S/C46H43N4O.Pt/c1-31-13-10-20-42-44(31)50(34-15-11-14-32(25-34)45(2,3)4)29-49(42,30-50)35-16-12-17-36(27-35)51-37-21-22-39-38-18-8-9-19-40(38)48(41(39)28-37)43-26-33(23-24-47-43)46(5,6)7;/h8-26,29H,30H2,1-7H3;/q-1;/t49-,50+;/m1./s1/i1D3;. The average molecular weight is 866 g/mol. The summed E-state index contributed by atoms with van der Waals surface area (Å²) in [6.07, 6.45) is 1.88. The van der Waals surface area contributed by atoms with E-state index in [0.717, 1.165) is 50.4 Å². The zero-order valence-electron chi connectivity index (χ0n) is 33.3. The van der Waals surface area contributed by atoms with Gasteiger partial charge in [0.05, 0.1) is 6.67 Å². The van der Waals surface area contributed by atoms with E-state index in [1.807, 2.05) is 30.5 Å². The van der Waals surface area contributed by atoms with Gasteiger partial charge in [0.15, 0.2) is 18.0 Å². The third-order valence-electron chi connectivity index (χ3n) is 10.7. The Hall–Kier alpha value is -4.54. The summed E-state index contributed by atoms with van der Waals surface area (Å²) >= 11 is 0. The van der Waals surface area contributed by atoms with Gasteiger partial charge in [0, 0.05) is 71.8 Å². The second-order valence-corrected chi connectivity index (χ2v) is 16.1. The third-order valence-corrected chi connectivity index (χ3v) is 10.7. The average Bonchev–Trinajstić information content (AvgIpc) is 3.72. The van der Waals surface area contributed by atoms with E-state index in [0.29, 0.717) is 32.7 Å². The van der Waals surface area contributed by atoms with Crippen LogP contribution in [0.1, 0.15) is 62.3 Å². The van der Waals surface area contributed by atoms with E-state index in [1.54, 1.807) is 6.07 Å². The van der Waals surface area contributed by atoms with Crippen LogP contribution in [-0.4, -0.2) is 16.2 Å². The molecule has 1 fully saturated rings. The maximum Gasteiger partial charge on any atom is 0.184 e. The molecule has 7 aromatic rings. The van der Waals surface area contributed by atoms with Crippen LogP contribution >= 0.6 is 0 Å². The van der Waals surface area contributed by atoms with Crippen LogP contribution in [0.5, 0.6) is 11.5 Å². The van der Waals surface area contributed by atoms with Crippen LogP contribution in [0.4, 0.5) is 22.7 Å². The molecular formula is C46H43N4OPt-. The Morgan fingerprint density at radius 1 is 0.750 bits per heavy atom. The van der Waals surface area contributed by atoms with Gasteiger partial charge in [-0.25, -0.2) is 4.98 Å². The van der Waals surface area contributed by atoms with Crippen molar-refractivity contribution >= 4 is 44.6 Å². The fraction of sp³-hybridized carbons (Fsp3) is 0.217. The molecule has 5 heterocycles. The van der Waals surface area contributed by atoms with Crippen LogP contribution in [0.2, 0.25) is 0 Å². The van der Waals surface area contributed by atoms with Gasteiger partial charge < -0.3 is 13.8 Å². The summed E-state index contributed by atoms with van der Waals surface area (Å²) in [5, 5.41) is 2.19. The second kappa shape index (κ2) is 12.0. The number of aryl methyl sites for hydroxylation is 1. The summed E-state index contributed by atoms with van der Waals surface area (Å²) in [6.45, 7) is 13.8. The molecule has 52 heavy (non-hydrogen) atoms. The minimum absolute atomic E-state index is 0. The van der Waals surface area contributed by atoms with Gasteiger partial charge in [-0.2, -0.15) is 12.1 Å². The molecule has 264 valence electrons. The molecule has 0 saturated carbocycles. The molecule has 5 aromatic carbocycles. The van der Waals surface area contributed by atoms with Crippen molar-refractivity contribution in [3.63, 3.8) is 0 Å². The van der Waals surface area contributed by atoms with Crippen molar-refractivity contribution in [2.24, 2.45) is 0 Å². The SMILES string of the molecule is [2H]C([2H])([2H])c1cccc2c1[N@@+]1(c3cccc(C(C)(C)C)c3)[CH-][N@+]2(c2[c-]c(Oc3[c-]c4c(cc3)c3ccccc3n4-c3cc(C(C)(C)C)ccn3)ccc2)C1.[Pt]. The van der Waals surface area contributed by atoms with Crippen LogP contribution in [0.25, 0.3) is 27.6 Å². The summed E-state index contributed by atoms with van der Waals surface area (Å²) in [4.78, 5) is 4.81. The number of nitrogens with zero attached hydrogens (tertiary/aromatic N) is 4. The Morgan fingerprint density at radius 3 is 2.27 bits per heavy atom. The molecule has 0 spiro atoms. The summed E-state index contributed by atoms with van der Waals surface area (Å²) in [5.74, 6) is 1.95. The first-order valence-electron chi connectivity index (χ1n) is 19.1. The summed E-state index contributed by atoms with van der Waals surface area (Å²) in [7, 11) is 0. The quantitative estimate of drug-likeness (QED) is 0.127. The minimum Gasteiger partial charge on any atom is -0.509 e. The molecule has 0 amide bonds. The Balaban J connectivity index is 0.00000427. The number of pyridine rings is 1. The van der Waals surface area contributed by atoms with Crippen LogP contribution in [0, 0.1) is 25.7 Å². The molecular weight excluding hydrogens is 820 g/mol. The van der Waals surface area contributed by atoms with Crippen molar-refractivity contribution in [1.29, 1.82) is 0 Å². The monoisotopic (exact) mass is 865 g/mol. The van der Waals surface area contributed by atoms with Crippen molar-refractivity contribution in [2.75, 3.05) is 6.67 Å². The zero-order valence-corrected chi connectivity index (χ0v) is 32.5. The largest absolute Gasteiger partial charge is 0.509 e. The number of quaternary nitrogens is 2. The van der Waals surface area contributed by atoms with Gasteiger partial charge in [-0.05, 0) is 58.5 Å². The normalized spacial score (nSPS) is 20.4. The first kappa shape index (κ1) is 31.0. The molecule has 0 aliphatic carbocycles. The minimum atomic E-state index is -2.27. The molecule has 2 atom stereocenters. The predicted octanol–water partition coefficient (Wildman–Crippen LogP) is 11.9. The first-order valence-corrected chi connectivity index (χ1v) is 17.6. The molecule has 0 radical (unpaired) electrons. The van der Waals surface area contributed by atoms with Gasteiger partial charge >= 0.3 is 0 Å². The fourth-order valence-electron chi connectivity index (χ4n) is 8.00. The number of hydrogen-bond acceptors (Lipinski definition) is 2. The van der Waals surface area contributed by atoms with Crippen LogP contribution in [-0.2, 0) is 31.9 Å². The van der Waals surface area contributed by atoms with Crippen LogP contribution in [0.3, 0.4) is 0 Å². The zero-order chi connectivity index (χ0) is 37.8. The Kier molecular flexibility index (Phi) is 7.16. The van der Waals surface area contributed by atoms with E-state index >= 15 is 0 Å². The Morgan fingerprint density at radius 2 is 1.48 bits per heavy atom. The molecule has 3 aliphatic heterocycles. The van der Waals surface area contributed by atoms with Crippen LogP contribution < -0.4 is 13.7 Å². The van der Waals surface area contributed by atoms with Crippen molar-refractivity contribution < 1.29 is 29.9 Å². The number of para-hydroxylation sites is 2. The van der Waals surface area contributed by atoms with E-state index in [-0.39, 0.29) is 31.9 Å². The maximum absolute atomic E-state index is 8.53. The van der Waals surface area contributed by atoms with Crippen molar-refractivity contribution in [3.05, 3.63) is 151 Å². The van der Waals surface area contributed by atoms with E-state index < -0.39 is 6.85 Å². The predicted molar refractivity (Wildman–Crippen MR) is 210 cm³/mol. The van der Waals surface area contributed by atoms with Gasteiger partial charge in [0.1, 0.15) is 11.5 Å². The number of ether oxygens (including phenoxy) is 1. The van der Waals surface area contributed by atoms with Gasteiger partial charge in [-0.1, -0.05) is 95.6 Å². The second-order valence-electron chi connectivity index (χ2n) is 16.1. The molecule has 5 nitrogen and oxygen atoms in total. The van der Waals surface area contributed by atoms with Gasteiger partial charge in [0.2, 0.25) is 0 Å². The summed E-state index contributed by atoms with van der Waals surface area (Å²) < 4.78 is 35.1. The Labute approximate surface area is 325 Å². The molecule has 0 N–H and O–H groups in total. The van der Waals surface area contributed by atoms with Crippen molar-refractivity contribution in [2.45, 2.75) is 59.2 Å². The van der Waals surface area contributed by atoms with Gasteiger partial charge in [0.25, 0.3) is 0 Å². The maximum atomic E-state index is 8.53. The first-order chi connectivity index (χ1) is 25.6. The molecule has 6 heteroatoms. The van der Waals surface area contributed by atoms with E-state index in [9.17, 15) is 0 Å². The van der Waals surface area contributed by atoms with Crippen molar-refractivity contribution in [1.82, 2.24) is 18.5 Å². The molecule has 3 aliphatic rings. The molecule has 1 saturated heterocycles. The van der Waals surface area contributed by atoms with Crippen molar-refractivity contribution in [3.8, 4) is 17.3 Å². The molecule has 2 bridgehead atoms. The summed E-state index contributed by atoms with van der Waals surface area (Å²) in [5.41, 5.74) is 8.33.